The average Bonchev–Trinajstić information content (AvgIpc) is 3.09. The highest BCUT2D eigenvalue weighted by Gasteiger charge is 2.09. The minimum absolute atomic E-state index is 0. The molecule has 0 fully saturated rings. The molecule has 0 heteroatoms. The van der Waals surface area contributed by atoms with E-state index in [1.54, 1.807) is 0 Å². The van der Waals surface area contributed by atoms with E-state index in [-0.39, 0.29) is 7.43 Å². The van der Waals surface area contributed by atoms with Gasteiger partial charge in [-0.1, -0.05) is 251 Å². The molecule has 0 heterocycles. The Morgan fingerprint density at radius 2 is 0.963 bits per heavy atom. The number of hydrogen-bond donors (Lipinski definition) is 0. The maximum absolute atomic E-state index is 2.35. The second-order valence-corrected chi connectivity index (χ2v) is 17.5. The molecule has 0 amide bonds. The van der Waals surface area contributed by atoms with Crippen molar-refractivity contribution in [1.29, 1.82) is 0 Å². The summed E-state index contributed by atoms with van der Waals surface area (Å²) in [5, 5.41) is 0. The first-order valence-electron chi connectivity index (χ1n) is 23.5. The Morgan fingerprint density at radius 3 is 1.30 bits per heavy atom. The molecule has 330 valence electrons. The summed E-state index contributed by atoms with van der Waals surface area (Å²) in [5.41, 5.74) is 1.44. The van der Waals surface area contributed by atoms with Gasteiger partial charge in [0.2, 0.25) is 0 Å². The molecule has 3 atom stereocenters. The van der Waals surface area contributed by atoms with Gasteiger partial charge >= 0.3 is 0 Å². The van der Waals surface area contributed by atoms with Gasteiger partial charge in [-0.05, 0) is 99.7 Å². The van der Waals surface area contributed by atoms with E-state index < -0.39 is 0 Å². The summed E-state index contributed by atoms with van der Waals surface area (Å²) in [6.45, 7) is 47.2. The number of unbranched alkanes of at least 4 members (excludes halogenated alkanes) is 5. The Balaban J connectivity index is -0.0000000981. The molecule has 0 aliphatic rings. The normalized spacial score (nSPS) is 12.5. The molecule has 0 aromatic heterocycles. The molecular formula is C54H114. The third-order valence-corrected chi connectivity index (χ3v) is 9.57. The van der Waals surface area contributed by atoms with Crippen LogP contribution in [0.3, 0.4) is 0 Å². The van der Waals surface area contributed by atoms with E-state index in [9.17, 15) is 0 Å². The van der Waals surface area contributed by atoms with Gasteiger partial charge in [0.15, 0.2) is 0 Å². The molecule has 0 aromatic rings. The van der Waals surface area contributed by atoms with Gasteiger partial charge in [-0.15, -0.1) is 0 Å². The zero-order valence-corrected chi connectivity index (χ0v) is 41.5. The second kappa shape index (κ2) is 56.3. The quantitative estimate of drug-likeness (QED) is 0.0761. The van der Waals surface area contributed by atoms with Crippen molar-refractivity contribution in [3.63, 3.8) is 0 Å². The summed E-state index contributed by atoms with van der Waals surface area (Å²) >= 11 is 0. The fourth-order valence-corrected chi connectivity index (χ4v) is 5.12. The van der Waals surface area contributed by atoms with Crippen LogP contribution in [0.4, 0.5) is 0 Å². The molecule has 0 N–H and O–H groups in total. The lowest BCUT2D eigenvalue weighted by molar-refractivity contribution is 0.339. The summed E-state index contributed by atoms with van der Waals surface area (Å²) in [4.78, 5) is 0. The predicted octanol–water partition coefficient (Wildman–Crippen LogP) is 20.7. The van der Waals surface area contributed by atoms with Crippen LogP contribution in [-0.4, -0.2) is 0 Å². The maximum atomic E-state index is 2.35. The Kier molecular flexibility index (Phi) is 70.6. The highest BCUT2D eigenvalue weighted by Crippen LogP contribution is 2.21. The van der Waals surface area contributed by atoms with E-state index in [0.717, 1.165) is 53.8 Å². The zero-order chi connectivity index (χ0) is 42.5. The van der Waals surface area contributed by atoms with Gasteiger partial charge in [0, 0.05) is 0 Å². The monoisotopic (exact) mass is 763 g/mol. The van der Waals surface area contributed by atoms with E-state index in [0.29, 0.717) is 0 Å². The van der Waals surface area contributed by atoms with Crippen LogP contribution in [0.1, 0.15) is 256 Å². The van der Waals surface area contributed by atoms with E-state index in [4.69, 9.17) is 0 Å². The molecule has 0 rings (SSSR count). The smallest absolute Gasteiger partial charge is 0.0213 e. The first kappa shape index (κ1) is 67.7. The summed E-state index contributed by atoms with van der Waals surface area (Å²) in [6.07, 6.45) is 37.0. The van der Waals surface area contributed by atoms with Crippen LogP contribution in [-0.2, 0) is 0 Å². The van der Waals surface area contributed by atoms with Crippen LogP contribution in [0.15, 0.2) is 48.1 Å². The van der Waals surface area contributed by atoms with Crippen LogP contribution in [0.2, 0.25) is 0 Å². The third kappa shape index (κ3) is 72.2. The van der Waals surface area contributed by atoms with Gasteiger partial charge in [0.25, 0.3) is 0 Å². The van der Waals surface area contributed by atoms with Crippen LogP contribution in [0.25, 0.3) is 0 Å². The Bertz CT molecular complexity index is 721. The van der Waals surface area contributed by atoms with E-state index in [1.165, 1.54) is 102 Å². The third-order valence-electron chi connectivity index (χ3n) is 9.57. The minimum atomic E-state index is 0. The van der Waals surface area contributed by atoms with Crippen LogP contribution in [0, 0.1) is 47.3 Å². The van der Waals surface area contributed by atoms with Crippen molar-refractivity contribution < 1.29 is 0 Å². The van der Waals surface area contributed by atoms with Crippen LogP contribution < -0.4 is 0 Å². The van der Waals surface area contributed by atoms with Gasteiger partial charge in [-0.25, -0.2) is 0 Å². The van der Waals surface area contributed by atoms with E-state index in [2.05, 4.69) is 188 Å². The molecule has 0 spiro atoms. The fourth-order valence-electron chi connectivity index (χ4n) is 5.12. The Morgan fingerprint density at radius 1 is 0.463 bits per heavy atom. The van der Waals surface area contributed by atoms with Crippen molar-refractivity contribution in [2.75, 3.05) is 0 Å². The Labute approximate surface area is 349 Å². The lowest BCUT2D eigenvalue weighted by Crippen LogP contribution is -2.06. The molecular weight excluding hydrogens is 649 g/mol. The van der Waals surface area contributed by atoms with Gasteiger partial charge in [0.05, 0.1) is 0 Å². The van der Waals surface area contributed by atoms with Crippen molar-refractivity contribution >= 4 is 0 Å². The topological polar surface area (TPSA) is 0 Å². The molecule has 3 unspecified atom stereocenters. The zero-order valence-electron chi connectivity index (χ0n) is 41.5. The molecule has 0 saturated heterocycles. The molecule has 0 saturated carbocycles. The van der Waals surface area contributed by atoms with E-state index >= 15 is 0 Å². The number of allylic oxidation sites excluding steroid dienone is 8. The lowest BCUT2D eigenvalue weighted by atomic mass is 9.89. The van der Waals surface area contributed by atoms with Crippen molar-refractivity contribution in [3.05, 3.63) is 48.1 Å². The average molecular weight is 764 g/mol. The van der Waals surface area contributed by atoms with Gasteiger partial charge < -0.3 is 0 Å². The van der Waals surface area contributed by atoms with Crippen molar-refractivity contribution in [2.45, 2.75) is 256 Å². The van der Waals surface area contributed by atoms with Crippen LogP contribution in [0.5, 0.6) is 0 Å². The molecule has 0 bridgehead atoms. The summed E-state index contributed by atoms with van der Waals surface area (Å²) in [6, 6.07) is 0. The first-order valence-corrected chi connectivity index (χ1v) is 23.5. The van der Waals surface area contributed by atoms with Gasteiger partial charge in [-0.2, -0.15) is 0 Å². The van der Waals surface area contributed by atoms with Gasteiger partial charge in [0.1, 0.15) is 0 Å². The Hall–Kier alpha value is -1.04. The standard InChI is InChI=1S/C10H22.C10H20.C9H18.C8H18.2C8H16.CH4/c2*1-5-7-8-10(6-2)9(3)4;1-5-6-7-9(4)8(2)3;3*1-4-5-6-7-8(2)3;/h9-10H,5-8H2,1-4H3;7-10H,5-6H2,1-4H3;6-9H,5H2,1-4H3;8H,4-7H2,1-3H3;7H,4-6H2,1-3H3;5-6,8H,4,7H2,1-3H3;1H4/b;8-7+;7-6+;;;6-5+;. The van der Waals surface area contributed by atoms with Crippen molar-refractivity contribution in [2.24, 2.45) is 47.3 Å². The molecule has 0 aliphatic carbocycles. The second-order valence-electron chi connectivity index (χ2n) is 17.5. The summed E-state index contributed by atoms with van der Waals surface area (Å²) in [5.74, 6) is 6.70. The summed E-state index contributed by atoms with van der Waals surface area (Å²) in [7, 11) is 0. The SMILES string of the molecule is C.CC/C=C/C(C)C(C)C.CC/C=C/C(CC)C(C)C.CC/C=C/CC(C)C.CCCCC(CC)C(C)C.CCCCC=C(C)C.CCCCCC(C)C. The summed E-state index contributed by atoms with van der Waals surface area (Å²) < 4.78 is 0. The number of rotatable bonds is 22. The maximum Gasteiger partial charge on any atom is -0.0213 e. The van der Waals surface area contributed by atoms with Crippen LogP contribution >= 0.6 is 0 Å². The van der Waals surface area contributed by atoms with Crippen molar-refractivity contribution in [3.8, 4) is 0 Å². The molecule has 0 radical (unpaired) electrons. The molecule has 0 nitrogen and oxygen atoms in total. The largest absolute Gasteiger partial charge is 0.0888 e. The molecule has 0 aliphatic heterocycles. The highest BCUT2D eigenvalue weighted by atomic mass is 14.1. The first-order chi connectivity index (χ1) is 24.9. The molecule has 0 aromatic carbocycles. The highest BCUT2D eigenvalue weighted by molar-refractivity contribution is 4.92. The van der Waals surface area contributed by atoms with Gasteiger partial charge in [-0.3, -0.25) is 0 Å². The number of hydrogen-bond acceptors (Lipinski definition) is 0. The predicted molar refractivity (Wildman–Crippen MR) is 263 cm³/mol. The van der Waals surface area contributed by atoms with Crippen molar-refractivity contribution in [1.82, 2.24) is 0 Å². The molecule has 54 heavy (non-hydrogen) atoms. The van der Waals surface area contributed by atoms with E-state index in [1.807, 2.05) is 0 Å². The fraction of sp³-hybridized carbons (Fsp3) is 0.852. The lowest BCUT2D eigenvalue weighted by Gasteiger charge is -2.17. The minimum Gasteiger partial charge on any atom is -0.0888 e.